The number of thioether (sulfide) groups is 3. The summed E-state index contributed by atoms with van der Waals surface area (Å²) in [5, 5.41) is 4.74. The van der Waals surface area contributed by atoms with E-state index in [-0.39, 0.29) is 0 Å². The van der Waals surface area contributed by atoms with Crippen molar-refractivity contribution in [1.82, 2.24) is 4.68 Å². The monoisotopic (exact) mass is 248 g/mol. The molecule has 0 unspecified atom stereocenters. The first-order valence-corrected chi connectivity index (χ1v) is 7.88. The van der Waals surface area contributed by atoms with Crippen molar-refractivity contribution in [3.63, 3.8) is 0 Å². The van der Waals surface area contributed by atoms with Gasteiger partial charge in [0, 0.05) is 19.0 Å². The van der Waals surface area contributed by atoms with E-state index in [1.807, 2.05) is 0 Å². The topological polar surface area (TPSA) is 8.17 Å². The summed E-state index contributed by atoms with van der Waals surface area (Å²) in [7, 11) is 4.15. The largest absolute Gasteiger partial charge is 0.317 e. The van der Waals surface area contributed by atoms with Gasteiger partial charge in [-0.05, 0) is 24.8 Å². The first-order chi connectivity index (χ1) is 6.65. The van der Waals surface area contributed by atoms with Gasteiger partial charge in [-0.15, -0.1) is 35.3 Å². The zero-order chi connectivity index (χ0) is 10.7. The minimum atomic E-state index is 1.30. The standard InChI is InChI=1S/C9H16N2S3/c1-10(2)11-8(13-4)6-7(12-3)9(11)14-5/h6H,1-5H3. The maximum atomic E-state index is 2.25. The third-order valence-corrected chi connectivity index (χ3v) is 4.26. The van der Waals surface area contributed by atoms with Crippen LogP contribution >= 0.6 is 35.3 Å². The van der Waals surface area contributed by atoms with Crippen LogP contribution in [0.1, 0.15) is 0 Å². The molecule has 1 aromatic heterocycles. The summed E-state index contributed by atoms with van der Waals surface area (Å²) in [5.74, 6) is 0. The Kier molecular flexibility index (Phi) is 4.60. The van der Waals surface area contributed by atoms with Crippen LogP contribution in [0.2, 0.25) is 0 Å². The lowest BCUT2D eigenvalue weighted by atomic mass is 10.7. The highest BCUT2D eigenvalue weighted by Gasteiger charge is 2.14. The Hall–Kier alpha value is 0.130. The Morgan fingerprint density at radius 3 is 2.07 bits per heavy atom. The summed E-state index contributed by atoms with van der Waals surface area (Å²) in [6.07, 6.45) is 6.36. The summed E-state index contributed by atoms with van der Waals surface area (Å²) in [6, 6.07) is 2.25. The molecular formula is C9H16N2S3. The van der Waals surface area contributed by atoms with Crippen LogP contribution in [0.4, 0.5) is 0 Å². The average molecular weight is 248 g/mol. The molecular weight excluding hydrogens is 232 g/mol. The molecule has 1 heterocycles. The molecule has 0 fully saturated rings. The van der Waals surface area contributed by atoms with Gasteiger partial charge in [-0.3, -0.25) is 0 Å². The Balaban J connectivity index is 3.26. The smallest absolute Gasteiger partial charge is 0.110 e. The Bertz CT molecular complexity index is 307. The Labute approximate surface area is 98.8 Å². The van der Waals surface area contributed by atoms with Crippen LogP contribution in [0.5, 0.6) is 0 Å². The van der Waals surface area contributed by atoms with E-state index in [2.05, 4.69) is 48.6 Å². The summed E-state index contributed by atoms with van der Waals surface area (Å²) in [4.78, 5) is 1.36. The predicted octanol–water partition coefficient (Wildman–Crippen LogP) is 2.85. The van der Waals surface area contributed by atoms with E-state index in [4.69, 9.17) is 0 Å². The van der Waals surface area contributed by atoms with Gasteiger partial charge >= 0.3 is 0 Å². The van der Waals surface area contributed by atoms with Crippen LogP contribution < -0.4 is 5.01 Å². The van der Waals surface area contributed by atoms with E-state index in [1.54, 1.807) is 35.3 Å². The van der Waals surface area contributed by atoms with Crippen molar-refractivity contribution in [2.45, 2.75) is 14.9 Å². The van der Waals surface area contributed by atoms with E-state index in [1.165, 1.54) is 14.9 Å². The molecule has 0 aliphatic heterocycles. The Morgan fingerprint density at radius 2 is 1.71 bits per heavy atom. The van der Waals surface area contributed by atoms with Crippen LogP contribution in [0, 0.1) is 0 Å². The van der Waals surface area contributed by atoms with Crippen LogP contribution in [0.3, 0.4) is 0 Å². The second kappa shape index (κ2) is 5.28. The van der Waals surface area contributed by atoms with Crippen molar-refractivity contribution in [3.8, 4) is 0 Å². The zero-order valence-electron chi connectivity index (χ0n) is 9.20. The average Bonchev–Trinajstić information content (AvgIpc) is 2.54. The maximum absolute atomic E-state index is 2.25. The van der Waals surface area contributed by atoms with Gasteiger partial charge in [0.25, 0.3) is 0 Å². The van der Waals surface area contributed by atoms with E-state index >= 15 is 0 Å². The number of hydrogen-bond acceptors (Lipinski definition) is 4. The highest BCUT2D eigenvalue weighted by atomic mass is 32.2. The first-order valence-electron chi connectivity index (χ1n) is 4.21. The molecule has 80 valence electrons. The third-order valence-electron chi connectivity index (χ3n) is 1.89. The normalized spacial score (nSPS) is 10.6. The summed E-state index contributed by atoms with van der Waals surface area (Å²) in [6.45, 7) is 0. The quantitative estimate of drug-likeness (QED) is 0.757. The molecule has 2 nitrogen and oxygen atoms in total. The molecule has 0 aliphatic rings. The van der Waals surface area contributed by atoms with E-state index < -0.39 is 0 Å². The van der Waals surface area contributed by atoms with Crippen molar-refractivity contribution in [3.05, 3.63) is 6.07 Å². The molecule has 14 heavy (non-hydrogen) atoms. The van der Waals surface area contributed by atoms with Gasteiger partial charge in [0.1, 0.15) is 5.03 Å². The lowest BCUT2D eigenvalue weighted by Crippen LogP contribution is -2.26. The lowest BCUT2D eigenvalue weighted by molar-refractivity contribution is 0.618. The summed E-state index contributed by atoms with van der Waals surface area (Å²) in [5.41, 5.74) is 0. The minimum Gasteiger partial charge on any atom is -0.317 e. The number of rotatable bonds is 4. The highest BCUT2D eigenvalue weighted by molar-refractivity contribution is 8.01. The number of hydrogen-bond donors (Lipinski definition) is 0. The number of aromatic nitrogens is 1. The van der Waals surface area contributed by atoms with Gasteiger partial charge in [0.05, 0.1) is 5.03 Å². The predicted molar refractivity (Wildman–Crippen MR) is 69.8 cm³/mol. The van der Waals surface area contributed by atoms with Crippen LogP contribution in [0.15, 0.2) is 21.0 Å². The molecule has 0 N–H and O–H groups in total. The van der Waals surface area contributed by atoms with E-state index in [0.29, 0.717) is 0 Å². The Morgan fingerprint density at radius 1 is 1.07 bits per heavy atom. The van der Waals surface area contributed by atoms with Gasteiger partial charge in [0.15, 0.2) is 0 Å². The molecule has 0 saturated carbocycles. The molecule has 0 saturated heterocycles. The van der Waals surface area contributed by atoms with Crippen molar-refractivity contribution < 1.29 is 0 Å². The molecule has 0 aromatic carbocycles. The molecule has 1 rings (SSSR count). The van der Waals surface area contributed by atoms with Crippen molar-refractivity contribution in [2.24, 2.45) is 0 Å². The number of nitrogens with zero attached hydrogens (tertiary/aromatic N) is 2. The highest BCUT2D eigenvalue weighted by Crippen LogP contribution is 2.34. The van der Waals surface area contributed by atoms with Crippen molar-refractivity contribution in [2.75, 3.05) is 37.9 Å². The van der Waals surface area contributed by atoms with Gasteiger partial charge in [-0.1, -0.05) is 0 Å². The van der Waals surface area contributed by atoms with E-state index in [9.17, 15) is 0 Å². The van der Waals surface area contributed by atoms with Crippen LogP contribution in [0.25, 0.3) is 0 Å². The van der Waals surface area contributed by atoms with Crippen molar-refractivity contribution >= 4 is 35.3 Å². The molecule has 0 spiro atoms. The fourth-order valence-electron chi connectivity index (χ4n) is 1.30. The van der Waals surface area contributed by atoms with Gasteiger partial charge < -0.3 is 5.01 Å². The lowest BCUT2D eigenvalue weighted by Gasteiger charge is -2.20. The maximum Gasteiger partial charge on any atom is 0.110 e. The molecule has 0 radical (unpaired) electrons. The summed E-state index contributed by atoms with van der Waals surface area (Å²) < 4.78 is 2.25. The molecule has 0 aliphatic carbocycles. The third kappa shape index (κ3) is 2.20. The van der Waals surface area contributed by atoms with Crippen LogP contribution in [-0.4, -0.2) is 37.5 Å². The minimum absolute atomic E-state index is 1.30. The molecule has 0 bridgehead atoms. The van der Waals surface area contributed by atoms with Gasteiger partial charge in [-0.25, -0.2) is 4.68 Å². The van der Waals surface area contributed by atoms with Gasteiger partial charge in [0.2, 0.25) is 0 Å². The van der Waals surface area contributed by atoms with Crippen molar-refractivity contribution in [1.29, 1.82) is 0 Å². The fourth-order valence-corrected chi connectivity index (χ4v) is 3.78. The second-order valence-electron chi connectivity index (χ2n) is 2.92. The molecule has 0 amide bonds. The summed E-state index contributed by atoms with van der Waals surface area (Å²) >= 11 is 5.39. The van der Waals surface area contributed by atoms with Gasteiger partial charge in [-0.2, -0.15) is 0 Å². The van der Waals surface area contributed by atoms with E-state index in [0.717, 1.165) is 0 Å². The fraction of sp³-hybridized carbons (Fsp3) is 0.556. The van der Waals surface area contributed by atoms with Crippen LogP contribution in [-0.2, 0) is 0 Å². The zero-order valence-corrected chi connectivity index (χ0v) is 11.6. The molecule has 1 aromatic rings. The second-order valence-corrected chi connectivity index (χ2v) is 5.39. The first kappa shape index (κ1) is 12.2. The molecule has 0 atom stereocenters. The molecule has 5 heteroatoms. The SMILES string of the molecule is CSc1cc(SC)n(N(C)C)c1SC.